The smallest absolute Gasteiger partial charge is 0.267 e. The molecule has 1 aromatic rings. The van der Waals surface area contributed by atoms with Gasteiger partial charge in [0.1, 0.15) is 0 Å². The van der Waals surface area contributed by atoms with Gasteiger partial charge >= 0.3 is 12.1 Å². The summed E-state index contributed by atoms with van der Waals surface area (Å²) in [6.07, 6.45) is -5.03. The van der Waals surface area contributed by atoms with Crippen molar-refractivity contribution in [2.24, 2.45) is 0 Å². The minimum absolute atomic E-state index is 0.160. The first-order chi connectivity index (χ1) is 7.80. The zero-order valence-electron chi connectivity index (χ0n) is 8.76. The maximum Gasteiger partial charge on any atom is 0.472 e. The summed E-state index contributed by atoms with van der Waals surface area (Å²) in [7, 11) is 0. The molecular formula is C10H9F3N2O2. The fraction of sp³-hybridized carbons (Fsp3) is 0.200. The van der Waals surface area contributed by atoms with Crippen LogP contribution in [-0.2, 0) is 4.79 Å². The third-order valence-corrected chi connectivity index (χ3v) is 1.83. The molecule has 2 amide bonds. The molecule has 0 aromatic heterocycles. The van der Waals surface area contributed by atoms with Gasteiger partial charge in [-0.2, -0.15) is 13.2 Å². The van der Waals surface area contributed by atoms with Crippen LogP contribution >= 0.6 is 0 Å². The topological polar surface area (TPSA) is 58.2 Å². The van der Waals surface area contributed by atoms with E-state index in [2.05, 4.69) is 0 Å². The van der Waals surface area contributed by atoms with Crippen molar-refractivity contribution in [2.45, 2.75) is 13.1 Å². The number of alkyl halides is 3. The Morgan fingerprint density at radius 1 is 1.18 bits per heavy atom. The van der Waals surface area contributed by atoms with Gasteiger partial charge in [0.25, 0.3) is 5.91 Å². The number of benzene rings is 1. The van der Waals surface area contributed by atoms with E-state index in [4.69, 9.17) is 0 Å². The first kappa shape index (κ1) is 13.0. The van der Waals surface area contributed by atoms with E-state index in [1.165, 1.54) is 17.6 Å². The van der Waals surface area contributed by atoms with E-state index in [1.54, 1.807) is 24.5 Å². The Morgan fingerprint density at radius 2 is 1.82 bits per heavy atom. The lowest BCUT2D eigenvalue weighted by Crippen LogP contribution is -2.47. The predicted octanol–water partition coefficient (Wildman–Crippen LogP) is 1.32. The van der Waals surface area contributed by atoms with Gasteiger partial charge in [-0.3, -0.25) is 20.4 Å². The highest BCUT2D eigenvalue weighted by molar-refractivity contribution is 5.96. The average molecular weight is 246 g/mol. The molecule has 0 aliphatic carbocycles. The number of hydrogen-bond donors (Lipinski definition) is 2. The molecular weight excluding hydrogens is 237 g/mol. The van der Waals surface area contributed by atoms with Gasteiger partial charge < -0.3 is 0 Å². The van der Waals surface area contributed by atoms with Gasteiger partial charge in [-0.05, 0) is 19.1 Å². The van der Waals surface area contributed by atoms with Crippen molar-refractivity contribution < 1.29 is 22.8 Å². The van der Waals surface area contributed by atoms with E-state index in [0.717, 1.165) is 5.56 Å². The Morgan fingerprint density at radius 3 is 2.35 bits per heavy atom. The van der Waals surface area contributed by atoms with Gasteiger partial charge in [-0.15, -0.1) is 0 Å². The number of nitrogens with one attached hydrogen (secondary N) is 2. The van der Waals surface area contributed by atoms with Gasteiger partial charge in [0, 0.05) is 5.56 Å². The van der Waals surface area contributed by atoms with E-state index in [0.29, 0.717) is 0 Å². The molecule has 92 valence electrons. The molecule has 0 aliphatic rings. The van der Waals surface area contributed by atoms with E-state index >= 15 is 0 Å². The van der Waals surface area contributed by atoms with Crippen LogP contribution < -0.4 is 10.9 Å². The van der Waals surface area contributed by atoms with E-state index in [-0.39, 0.29) is 5.56 Å². The van der Waals surface area contributed by atoms with Crippen molar-refractivity contribution in [2.75, 3.05) is 0 Å². The molecule has 0 fully saturated rings. The van der Waals surface area contributed by atoms with Crippen LogP contribution in [0.1, 0.15) is 15.9 Å². The minimum atomic E-state index is -5.03. The lowest BCUT2D eigenvalue weighted by atomic mass is 10.1. The van der Waals surface area contributed by atoms with Gasteiger partial charge in [-0.25, -0.2) is 0 Å². The first-order valence-electron chi connectivity index (χ1n) is 4.55. The third-order valence-electron chi connectivity index (χ3n) is 1.83. The van der Waals surface area contributed by atoms with Crippen molar-refractivity contribution in [3.05, 3.63) is 35.4 Å². The average Bonchev–Trinajstić information content (AvgIpc) is 2.24. The predicted molar refractivity (Wildman–Crippen MR) is 52.8 cm³/mol. The van der Waals surface area contributed by atoms with Crippen LogP contribution in [0, 0.1) is 6.92 Å². The second kappa shape index (κ2) is 4.86. The minimum Gasteiger partial charge on any atom is -0.267 e. The maximum absolute atomic E-state index is 11.8. The van der Waals surface area contributed by atoms with Crippen LogP contribution in [0.3, 0.4) is 0 Å². The molecule has 0 saturated heterocycles. The molecule has 0 unspecified atom stereocenters. The summed E-state index contributed by atoms with van der Waals surface area (Å²) >= 11 is 0. The van der Waals surface area contributed by atoms with E-state index < -0.39 is 18.0 Å². The number of rotatable bonds is 1. The van der Waals surface area contributed by atoms with Crippen LogP contribution in [0.25, 0.3) is 0 Å². The van der Waals surface area contributed by atoms with Crippen LogP contribution in [-0.4, -0.2) is 18.0 Å². The highest BCUT2D eigenvalue weighted by Crippen LogP contribution is 2.13. The molecule has 0 saturated carbocycles. The molecule has 1 rings (SSSR count). The summed E-state index contributed by atoms with van der Waals surface area (Å²) in [5.41, 5.74) is 3.89. The standard InChI is InChI=1S/C10H9F3N2O2/c1-6-3-2-4-7(5-6)8(16)14-15-9(17)10(11,12)13/h2-5H,1H3,(H,14,16)(H,15,17). The first-order valence-corrected chi connectivity index (χ1v) is 4.55. The summed E-state index contributed by atoms with van der Waals surface area (Å²) < 4.78 is 35.4. The number of hydrogen-bond acceptors (Lipinski definition) is 2. The monoisotopic (exact) mass is 246 g/mol. The summed E-state index contributed by atoms with van der Waals surface area (Å²) in [6, 6.07) is 6.21. The van der Waals surface area contributed by atoms with Gasteiger partial charge in [-0.1, -0.05) is 17.7 Å². The highest BCUT2D eigenvalue weighted by atomic mass is 19.4. The number of halogens is 3. The molecule has 17 heavy (non-hydrogen) atoms. The van der Waals surface area contributed by atoms with Crippen molar-refractivity contribution >= 4 is 11.8 Å². The Labute approximate surface area is 94.8 Å². The lowest BCUT2D eigenvalue weighted by Gasteiger charge is -2.09. The van der Waals surface area contributed by atoms with E-state index in [1.807, 2.05) is 0 Å². The Hall–Kier alpha value is -2.05. The number of carbonyl (C=O) groups excluding carboxylic acids is 2. The van der Waals surface area contributed by atoms with Gasteiger partial charge in [0.05, 0.1) is 0 Å². The molecule has 7 heteroatoms. The van der Waals surface area contributed by atoms with Crippen LogP contribution in [0.15, 0.2) is 24.3 Å². The molecule has 0 bridgehead atoms. The Balaban J connectivity index is 2.60. The highest BCUT2D eigenvalue weighted by Gasteiger charge is 2.38. The zero-order chi connectivity index (χ0) is 13.1. The summed E-state index contributed by atoms with van der Waals surface area (Å²) in [5, 5.41) is 0. The molecule has 0 aliphatic heterocycles. The van der Waals surface area contributed by atoms with E-state index in [9.17, 15) is 22.8 Å². The molecule has 0 spiro atoms. The van der Waals surface area contributed by atoms with Crippen LogP contribution in [0.5, 0.6) is 0 Å². The molecule has 0 atom stereocenters. The van der Waals surface area contributed by atoms with Crippen LogP contribution in [0.4, 0.5) is 13.2 Å². The summed E-state index contributed by atoms with van der Waals surface area (Å²) in [5.74, 6) is -3.04. The van der Waals surface area contributed by atoms with Crippen molar-refractivity contribution in [1.82, 2.24) is 10.9 Å². The number of carbonyl (C=O) groups is 2. The molecule has 2 N–H and O–H groups in total. The third kappa shape index (κ3) is 3.78. The second-order valence-electron chi connectivity index (χ2n) is 3.28. The number of aryl methyl sites for hydroxylation is 1. The number of hydrazine groups is 1. The van der Waals surface area contributed by atoms with Crippen LogP contribution in [0.2, 0.25) is 0 Å². The quantitative estimate of drug-likeness (QED) is 0.734. The molecule has 0 heterocycles. The maximum atomic E-state index is 11.8. The summed E-state index contributed by atoms with van der Waals surface area (Å²) in [4.78, 5) is 21.8. The van der Waals surface area contributed by atoms with Crippen molar-refractivity contribution in [3.8, 4) is 0 Å². The molecule has 1 aromatic carbocycles. The summed E-state index contributed by atoms with van der Waals surface area (Å²) in [6.45, 7) is 1.73. The molecule has 4 nitrogen and oxygen atoms in total. The SMILES string of the molecule is Cc1cccc(C(=O)NNC(=O)C(F)(F)F)c1. The van der Waals surface area contributed by atoms with Crippen molar-refractivity contribution in [3.63, 3.8) is 0 Å². The zero-order valence-corrected chi connectivity index (χ0v) is 8.76. The van der Waals surface area contributed by atoms with Crippen molar-refractivity contribution in [1.29, 1.82) is 0 Å². The normalized spacial score (nSPS) is 10.8. The Kier molecular flexibility index (Phi) is 3.72. The second-order valence-corrected chi connectivity index (χ2v) is 3.28. The fourth-order valence-corrected chi connectivity index (χ4v) is 1.04. The van der Waals surface area contributed by atoms with Gasteiger partial charge in [0.15, 0.2) is 0 Å². The lowest BCUT2D eigenvalue weighted by molar-refractivity contribution is -0.174. The molecule has 0 radical (unpaired) electrons. The number of amides is 2. The Bertz CT molecular complexity index is 443. The fourth-order valence-electron chi connectivity index (χ4n) is 1.04. The van der Waals surface area contributed by atoms with Gasteiger partial charge in [0.2, 0.25) is 0 Å². The largest absolute Gasteiger partial charge is 0.472 e.